The number of thiazole rings is 1. The van der Waals surface area contributed by atoms with Crippen LogP contribution in [0, 0.1) is 0 Å². The van der Waals surface area contributed by atoms with Crippen LogP contribution < -0.4 is 5.32 Å². The Hall–Kier alpha value is -1.72. The van der Waals surface area contributed by atoms with Gasteiger partial charge in [-0.1, -0.05) is 30.3 Å². The third kappa shape index (κ3) is 3.23. The summed E-state index contributed by atoms with van der Waals surface area (Å²) in [6.07, 6.45) is 4.11. The standard InChI is InChI=1S/C15H16N2O2S/c18-14(13-7-4-8-19-13)17-15-16-10-12(20-15)9-11-5-2-1-3-6-11/h1-3,5-6,10,13H,4,7-9H2,(H,16,17,18)/t13-/m1/s1. The molecule has 0 aliphatic carbocycles. The van der Waals surface area contributed by atoms with Gasteiger partial charge in [0, 0.05) is 24.1 Å². The molecule has 1 aliphatic heterocycles. The Balaban J connectivity index is 1.60. The van der Waals surface area contributed by atoms with Crippen molar-refractivity contribution in [2.24, 2.45) is 0 Å². The number of amides is 1. The van der Waals surface area contributed by atoms with Crippen LogP contribution in [0.1, 0.15) is 23.3 Å². The molecule has 0 unspecified atom stereocenters. The molecule has 1 saturated heterocycles. The van der Waals surface area contributed by atoms with Crippen LogP contribution >= 0.6 is 11.3 Å². The molecule has 1 N–H and O–H groups in total. The van der Waals surface area contributed by atoms with Crippen molar-refractivity contribution in [2.45, 2.75) is 25.4 Å². The molecule has 0 spiro atoms. The second-order valence-electron chi connectivity index (χ2n) is 4.79. The molecule has 2 heterocycles. The molecule has 0 bridgehead atoms. The van der Waals surface area contributed by atoms with Gasteiger partial charge in [0.05, 0.1) is 0 Å². The number of aromatic nitrogens is 1. The molecule has 3 rings (SSSR count). The zero-order valence-corrected chi connectivity index (χ0v) is 11.9. The monoisotopic (exact) mass is 288 g/mol. The highest BCUT2D eigenvalue weighted by Gasteiger charge is 2.24. The van der Waals surface area contributed by atoms with Crippen molar-refractivity contribution in [2.75, 3.05) is 11.9 Å². The summed E-state index contributed by atoms with van der Waals surface area (Å²) in [4.78, 5) is 17.3. The Morgan fingerprint density at radius 2 is 2.25 bits per heavy atom. The fourth-order valence-electron chi connectivity index (χ4n) is 2.21. The van der Waals surface area contributed by atoms with Crippen LogP contribution in [-0.2, 0) is 16.0 Å². The number of rotatable bonds is 4. The second kappa shape index (κ2) is 6.15. The summed E-state index contributed by atoms with van der Waals surface area (Å²) in [5.41, 5.74) is 1.24. The van der Waals surface area contributed by atoms with E-state index in [1.165, 1.54) is 16.9 Å². The zero-order valence-electron chi connectivity index (χ0n) is 11.0. The van der Waals surface area contributed by atoms with E-state index >= 15 is 0 Å². The molecule has 4 nitrogen and oxygen atoms in total. The van der Waals surface area contributed by atoms with Crippen molar-refractivity contribution < 1.29 is 9.53 Å². The molecule has 0 radical (unpaired) electrons. The van der Waals surface area contributed by atoms with E-state index in [0.29, 0.717) is 11.7 Å². The fraction of sp³-hybridized carbons (Fsp3) is 0.333. The van der Waals surface area contributed by atoms with Gasteiger partial charge in [-0.3, -0.25) is 10.1 Å². The first-order chi connectivity index (χ1) is 9.81. The third-order valence-electron chi connectivity index (χ3n) is 3.23. The lowest BCUT2D eigenvalue weighted by atomic mass is 10.1. The van der Waals surface area contributed by atoms with Crippen molar-refractivity contribution in [3.63, 3.8) is 0 Å². The number of ether oxygens (including phenoxy) is 1. The van der Waals surface area contributed by atoms with Gasteiger partial charge >= 0.3 is 0 Å². The molecule has 0 saturated carbocycles. The van der Waals surface area contributed by atoms with Crippen LogP contribution in [0.15, 0.2) is 36.5 Å². The van der Waals surface area contributed by atoms with Gasteiger partial charge in [-0.25, -0.2) is 4.98 Å². The molecule has 2 aromatic rings. The third-order valence-corrected chi connectivity index (χ3v) is 4.14. The number of benzene rings is 1. The number of nitrogens with zero attached hydrogens (tertiary/aromatic N) is 1. The highest BCUT2D eigenvalue weighted by Crippen LogP contribution is 2.22. The maximum atomic E-state index is 11.9. The summed E-state index contributed by atoms with van der Waals surface area (Å²) < 4.78 is 5.35. The zero-order chi connectivity index (χ0) is 13.8. The first-order valence-electron chi connectivity index (χ1n) is 6.72. The van der Waals surface area contributed by atoms with Crippen molar-refractivity contribution in [3.8, 4) is 0 Å². The van der Waals surface area contributed by atoms with Gasteiger partial charge in [-0.2, -0.15) is 0 Å². The van der Waals surface area contributed by atoms with E-state index in [0.717, 1.165) is 24.1 Å². The number of anilines is 1. The molecule has 1 aromatic heterocycles. The Kier molecular flexibility index (Phi) is 4.08. The average molecular weight is 288 g/mol. The average Bonchev–Trinajstić information content (AvgIpc) is 3.11. The molecule has 1 amide bonds. The van der Waals surface area contributed by atoms with Crippen LogP contribution in [0.4, 0.5) is 5.13 Å². The summed E-state index contributed by atoms with van der Waals surface area (Å²) in [6.45, 7) is 0.676. The summed E-state index contributed by atoms with van der Waals surface area (Å²) in [6, 6.07) is 10.2. The molecule has 1 fully saturated rings. The van der Waals surface area contributed by atoms with E-state index in [2.05, 4.69) is 22.4 Å². The van der Waals surface area contributed by atoms with Crippen molar-refractivity contribution >= 4 is 22.4 Å². The largest absolute Gasteiger partial charge is 0.368 e. The first-order valence-corrected chi connectivity index (χ1v) is 7.54. The molecular formula is C15H16N2O2S. The van der Waals surface area contributed by atoms with Gasteiger partial charge in [-0.15, -0.1) is 11.3 Å². The lowest BCUT2D eigenvalue weighted by molar-refractivity contribution is -0.124. The van der Waals surface area contributed by atoms with E-state index in [1.54, 1.807) is 0 Å². The lowest BCUT2D eigenvalue weighted by Gasteiger charge is -2.07. The van der Waals surface area contributed by atoms with Crippen LogP contribution in [0.5, 0.6) is 0 Å². The molecule has 20 heavy (non-hydrogen) atoms. The number of nitrogens with one attached hydrogen (secondary N) is 1. The van der Waals surface area contributed by atoms with Gasteiger partial charge in [-0.05, 0) is 18.4 Å². The van der Waals surface area contributed by atoms with Crippen LogP contribution in [0.3, 0.4) is 0 Å². The van der Waals surface area contributed by atoms with Crippen LogP contribution in [-0.4, -0.2) is 23.6 Å². The number of carbonyl (C=O) groups excluding carboxylic acids is 1. The molecule has 104 valence electrons. The number of hydrogen-bond donors (Lipinski definition) is 1. The Morgan fingerprint density at radius 3 is 3.00 bits per heavy atom. The summed E-state index contributed by atoms with van der Waals surface area (Å²) in [7, 11) is 0. The Bertz CT molecular complexity index is 577. The number of carbonyl (C=O) groups is 1. The fourth-order valence-corrected chi connectivity index (χ4v) is 3.06. The quantitative estimate of drug-likeness (QED) is 0.941. The minimum atomic E-state index is -0.309. The number of hydrogen-bond acceptors (Lipinski definition) is 4. The van der Waals surface area contributed by atoms with Crippen LogP contribution in [0.25, 0.3) is 0 Å². The van der Waals surface area contributed by atoms with Gasteiger partial charge in [0.2, 0.25) is 0 Å². The topological polar surface area (TPSA) is 51.2 Å². The first kappa shape index (κ1) is 13.3. The van der Waals surface area contributed by atoms with Crippen molar-refractivity contribution in [1.82, 2.24) is 4.98 Å². The van der Waals surface area contributed by atoms with Gasteiger partial charge < -0.3 is 4.74 Å². The van der Waals surface area contributed by atoms with Crippen molar-refractivity contribution in [3.05, 3.63) is 47.0 Å². The molecular weight excluding hydrogens is 272 g/mol. The normalized spacial score (nSPS) is 18.1. The summed E-state index contributed by atoms with van der Waals surface area (Å²) >= 11 is 1.52. The smallest absolute Gasteiger partial charge is 0.255 e. The van der Waals surface area contributed by atoms with Crippen molar-refractivity contribution in [1.29, 1.82) is 0 Å². The van der Waals surface area contributed by atoms with E-state index in [-0.39, 0.29) is 12.0 Å². The van der Waals surface area contributed by atoms with Crippen LogP contribution in [0.2, 0.25) is 0 Å². The highest BCUT2D eigenvalue weighted by atomic mass is 32.1. The lowest BCUT2D eigenvalue weighted by Crippen LogP contribution is -2.26. The van der Waals surface area contributed by atoms with E-state index in [1.807, 2.05) is 24.4 Å². The summed E-state index contributed by atoms with van der Waals surface area (Å²) in [5.74, 6) is -0.0805. The molecule has 1 aromatic carbocycles. The highest BCUT2D eigenvalue weighted by molar-refractivity contribution is 7.15. The maximum absolute atomic E-state index is 11.9. The predicted octanol–water partition coefficient (Wildman–Crippen LogP) is 2.85. The summed E-state index contributed by atoms with van der Waals surface area (Å²) in [5, 5.41) is 3.48. The maximum Gasteiger partial charge on any atom is 0.255 e. The second-order valence-corrected chi connectivity index (χ2v) is 5.90. The minimum absolute atomic E-state index is 0.0805. The van der Waals surface area contributed by atoms with E-state index in [4.69, 9.17) is 4.74 Å². The van der Waals surface area contributed by atoms with E-state index in [9.17, 15) is 4.79 Å². The minimum Gasteiger partial charge on any atom is -0.368 e. The Labute approximate surface area is 121 Å². The Morgan fingerprint density at radius 1 is 1.40 bits per heavy atom. The molecule has 1 atom stereocenters. The molecule has 5 heteroatoms. The SMILES string of the molecule is O=C(Nc1ncc(Cc2ccccc2)s1)[C@H]1CCCO1. The van der Waals surface area contributed by atoms with Gasteiger partial charge in [0.1, 0.15) is 6.10 Å². The van der Waals surface area contributed by atoms with E-state index < -0.39 is 0 Å². The van der Waals surface area contributed by atoms with Gasteiger partial charge in [0.15, 0.2) is 5.13 Å². The van der Waals surface area contributed by atoms with Gasteiger partial charge in [0.25, 0.3) is 5.91 Å². The predicted molar refractivity (Wildman–Crippen MR) is 79.0 cm³/mol. The molecule has 1 aliphatic rings.